The van der Waals surface area contributed by atoms with Crippen molar-refractivity contribution >= 4 is 46.3 Å². The molecule has 0 unspecified atom stereocenters. The zero-order valence-corrected chi connectivity index (χ0v) is 16.0. The number of methoxy groups -OCH3 is 1. The maximum absolute atomic E-state index is 12.5. The van der Waals surface area contributed by atoms with E-state index in [9.17, 15) is 9.59 Å². The van der Waals surface area contributed by atoms with Crippen molar-refractivity contribution in [2.24, 2.45) is 0 Å². The average Bonchev–Trinajstić information content (AvgIpc) is 2.88. The molecule has 1 heterocycles. The maximum Gasteiger partial charge on any atom is 0.305 e. The number of hydrogen-bond donors (Lipinski definition) is 0. The standard InChI is InChI=1S/C18H21NO4S2/c1-3-11-23-16(20)5-4-10-19-17(21)15(25-18(19)24)12-13-6-8-14(22-2)9-7-13/h6-9,12H,3-5,10-11H2,1-2H3/b15-12-. The first-order valence-electron chi connectivity index (χ1n) is 8.10. The van der Waals surface area contributed by atoms with Gasteiger partial charge in [0.25, 0.3) is 5.91 Å². The van der Waals surface area contributed by atoms with Crippen LogP contribution in [-0.4, -0.2) is 41.4 Å². The van der Waals surface area contributed by atoms with Crippen molar-refractivity contribution < 1.29 is 19.1 Å². The molecule has 0 spiro atoms. The molecule has 5 nitrogen and oxygen atoms in total. The molecule has 1 aromatic carbocycles. The van der Waals surface area contributed by atoms with Gasteiger partial charge >= 0.3 is 5.97 Å². The van der Waals surface area contributed by atoms with Crippen molar-refractivity contribution in [2.75, 3.05) is 20.3 Å². The van der Waals surface area contributed by atoms with Crippen molar-refractivity contribution in [3.8, 4) is 5.75 Å². The third-order valence-corrected chi connectivity index (χ3v) is 4.89. The Morgan fingerprint density at radius 2 is 2.04 bits per heavy atom. The fourth-order valence-corrected chi connectivity index (χ4v) is 3.52. The smallest absolute Gasteiger partial charge is 0.305 e. The molecular weight excluding hydrogens is 358 g/mol. The average molecular weight is 380 g/mol. The predicted molar refractivity (Wildman–Crippen MR) is 103 cm³/mol. The lowest BCUT2D eigenvalue weighted by molar-refractivity contribution is -0.144. The molecule has 7 heteroatoms. The number of esters is 1. The SMILES string of the molecule is CCCOC(=O)CCCN1C(=O)/C(=C/c2ccc(OC)cc2)SC1=S. The second-order valence-electron chi connectivity index (χ2n) is 5.43. The lowest BCUT2D eigenvalue weighted by Crippen LogP contribution is -2.29. The topological polar surface area (TPSA) is 55.8 Å². The van der Waals surface area contributed by atoms with E-state index in [0.29, 0.717) is 28.8 Å². The van der Waals surface area contributed by atoms with E-state index in [0.717, 1.165) is 17.7 Å². The fraction of sp³-hybridized carbons (Fsp3) is 0.389. The van der Waals surface area contributed by atoms with Gasteiger partial charge in [-0.3, -0.25) is 14.5 Å². The van der Waals surface area contributed by atoms with Crippen LogP contribution < -0.4 is 4.74 Å². The van der Waals surface area contributed by atoms with Crippen LogP contribution in [0, 0.1) is 0 Å². The second-order valence-corrected chi connectivity index (χ2v) is 7.11. The van der Waals surface area contributed by atoms with Crippen LogP contribution in [0.4, 0.5) is 0 Å². The molecule has 25 heavy (non-hydrogen) atoms. The number of amides is 1. The number of thioether (sulfide) groups is 1. The minimum atomic E-state index is -0.235. The monoisotopic (exact) mass is 379 g/mol. The van der Waals surface area contributed by atoms with Gasteiger partial charge in [0.1, 0.15) is 10.1 Å². The number of benzene rings is 1. The first-order chi connectivity index (χ1) is 12.0. The van der Waals surface area contributed by atoms with Crippen molar-refractivity contribution in [3.63, 3.8) is 0 Å². The van der Waals surface area contributed by atoms with Crippen LogP contribution in [-0.2, 0) is 14.3 Å². The summed E-state index contributed by atoms with van der Waals surface area (Å²) in [5.41, 5.74) is 0.907. The number of ether oxygens (including phenoxy) is 2. The van der Waals surface area contributed by atoms with E-state index in [4.69, 9.17) is 21.7 Å². The van der Waals surface area contributed by atoms with Gasteiger partial charge in [-0.25, -0.2) is 0 Å². The molecule has 0 aliphatic carbocycles. The van der Waals surface area contributed by atoms with Crippen LogP contribution in [0.3, 0.4) is 0 Å². The Hall–Kier alpha value is -1.86. The summed E-state index contributed by atoms with van der Waals surface area (Å²) in [5.74, 6) is 0.411. The Bertz CT molecular complexity index is 670. The maximum atomic E-state index is 12.5. The minimum absolute atomic E-state index is 0.118. The Morgan fingerprint density at radius 1 is 1.32 bits per heavy atom. The van der Waals surface area contributed by atoms with E-state index in [-0.39, 0.29) is 18.3 Å². The van der Waals surface area contributed by atoms with Gasteiger partial charge in [-0.05, 0) is 36.6 Å². The number of thiocarbonyl (C=S) groups is 1. The van der Waals surface area contributed by atoms with Gasteiger partial charge in [-0.1, -0.05) is 43.0 Å². The van der Waals surface area contributed by atoms with E-state index in [1.165, 1.54) is 11.8 Å². The Balaban J connectivity index is 1.92. The number of nitrogens with zero attached hydrogens (tertiary/aromatic N) is 1. The van der Waals surface area contributed by atoms with Gasteiger partial charge < -0.3 is 9.47 Å². The zero-order chi connectivity index (χ0) is 18.2. The van der Waals surface area contributed by atoms with Crippen molar-refractivity contribution in [3.05, 3.63) is 34.7 Å². The summed E-state index contributed by atoms with van der Waals surface area (Å²) in [6.07, 6.45) is 3.43. The molecule has 0 atom stereocenters. The predicted octanol–water partition coefficient (Wildman–Crippen LogP) is 3.63. The van der Waals surface area contributed by atoms with Gasteiger partial charge in [0, 0.05) is 13.0 Å². The highest BCUT2D eigenvalue weighted by Crippen LogP contribution is 2.32. The number of hydrogen-bond acceptors (Lipinski definition) is 6. The van der Waals surface area contributed by atoms with E-state index >= 15 is 0 Å². The first-order valence-corrected chi connectivity index (χ1v) is 9.32. The zero-order valence-electron chi connectivity index (χ0n) is 14.3. The van der Waals surface area contributed by atoms with Crippen molar-refractivity contribution in [1.29, 1.82) is 0 Å². The molecule has 0 radical (unpaired) electrons. The number of carbonyl (C=O) groups is 2. The molecule has 1 aromatic rings. The van der Waals surface area contributed by atoms with Gasteiger partial charge in [0.15, 0.2) is 0 Å². The fourth-order valence-electron chi connectivity index (χ4n) is 2.21. The molecule has 1 saturated heterocycles. The second kappa shape index (κ2) is 9.58. The molecule has 0 aromatic heterocycles. The van der Waals surface area contributed by atoms with Crippen LogP contribution in [0.15, 0.2) is 29.2 Å². The third kappa shape index (κ3) is 5.57. The molecule has 2 rings (SSSR count). The molecule has 1 aliphatic rings. The van der Waals surface area contributed by atoms with Crippen LogP contribution in [0.25, 0.3) is 6.08 Å². The Labute approximate surface area is 157 Å². The summed E-state index contributed by atoms with van der Waals surface area (Å²) >= 11 is 6.57. The Morgan fingerprint density at radius 3 is 2.68 bits per heavy atom. The summed E-state index contributed by atoms with van der Waals surface area (Å²) in [5, 5.41) is 0. The molecule has 134 valence electrons. The molecule has 0 saturated carbocycles. The molecule has 1 aliphatic heterocycles. The van der Waals surface area contributed by atoms with Crippen LogP contribution in [0.1, 0.15) is 31.7 Å². The highest BCUT2D eigenvalue weighted by Gasteiger charge is 2.31. The highest BCUT2D eigenvalue weighted by molar-refractivity contribution is 8.26. The number of carbonyl (C=O) groups excluding carboxylic acids is 2. The first kappa shape index (κ1) is 19.5. The van der Waals surface area contributed by atoms with Crippen LogP contribution in [0.5, 0.6) is 5.75 Å². The van der Waals surface area contributed by atoms with E-state index in [2.05, 4.69) is 0 Å². The molecule has 0 N–H and O–H groups in total. The number of rotatable bonds is 8. The van der Waals surface area contributed by atoms with E-state index < -0.39 is 0 Å². The van der Waals surface area contributed by atoms with Gasteiger partial charge in [0.2, 0.25) is 0 Å². The summed E-state index contributed by atoms with van der Waals surface area (Å²) in [4.78, 5) is 26.1. The van der Waals surface area contributed by atoms with Crippen molar-refractivity contribution in [1.82, 2.24) is 4.90 Å². The lowest BCUT2D eigenvalue weighted by atomic mass is 10.2. The Kier molecular flexibility index (Phi) is 7.46. The summed E-state index contributed by atoms with van der Waals surface area (Å²) in [6, 6.07) is 7.45. The van der Waals surface area contributed by atoms with Crippen LogP contribution in [0.2, 0.25) is 0 Å². The highest BCUT2D eigenvalue weighted by atomic mass is 32.2. The molecule has 0 bridgehead atoms. The minimum Gasteiger partial charge on any atom is -0.497 e. The quantitative estimate of drug-likeness (QED) is 0.391. The van der Waals surface area contributed by atoms with E-state index in [1.54, 1.807) is 12.0 Å². The van der Waals surface area contributed by atoms with Gasteiger partial charge in [-0.15, -0.1) is 0 Å². The molecule has 1 amide bonds. The largest absolute Gasteiger partial charge is 0.497 e. The lowest BCUT2D eigenvalue weighted by Gasteiger charge is -2.13. The van der Waals surface area contributed by atoms with Gasteiger partial charge in [-0.2, -0.15) is 0 Å². The normalized spacial score (nSPS) is 15.8. The van der Waals surface area contributed by atoms with Gasteiger partial charge in [0.05, 0.1) is 18.6 Å². The van der Waals surface area contributed by atoms with E-state index in [1.807, 2.05) is 37.3 Å². The summed E-state index contributed by atoms with van der Waals surface area (Å²) in [7, 11) is 1.61. The summed E-state index contributed by atoms with van der Waals surface area (Å²) in [6.45, 7) is 2.80. The summed E-state index contributed by atoms with van der Waals surface area (Å²) < 4.78 is 10.7. The van der Waals surface area contributed by atoms with Crippen LogP contribution >= 0.6 is 24.0 Å². The molecule has 1 fully saturated rings. The molecular formula is C18H21NO4S2. The van der Waals surface area contributed by atoms with Crippen molar-refractivity contribution in [2.45, 2.75) is 26.2 Å². The third-order valence-electron chi connectivity index (χ3n) is 3.52.